The van der Waals surface area contributed by atoms with Crippen molar-refractivity contribution in [1.82, 2.24) is 5.32 Å². The number of ether oxygens (including phenoxy) is 2. The fraction of sp³-hybridized carbons (Fsp3) is 0.385. The molecule has 0 bridgehead atoms. The van der Waals surface area contributed by atoms with Gasteiger partial charge >= 0.3 is 5.97 Å². The quantitative estimate of drug-likeness (QED) is 0.612. The molecule has 9 nitrogen and oxygen atoms in total. The van der Waals surface area contributed by atoms with Crippen molar-refractivity contribution >= 4 is 17.6 Å². The third-order valence-corrected chi connectivity index (χ3v) is 3.11. The summed E-state index contributed by atoms with van der Waals surface area (Å²) in [4.78, 5) is 33.5. The SMILES string of the molecule is CCC(NC(=O)c1cc2c(cc1[N+](=O)[O-])OCCO2)C(=O)O. The average molecular weight is 310 g/mol. The summed E-state index contributed by atoms with van der Waals surface area (Å²) in [5.74, 6) is -1.67. The number of hydrogen-bond acceptors (Lipinski definition) is 6. The largest absolute Gasteiger partial charge is 0.486 e. The summed E-state index contributed by atoms with van der Waals surface area (Å²) in [6.07, 6.45) is 0.152. The van der Waals surface area contributed by atoms with Crippen molar-refractivity contribution in [1.29, 1.82) is 0 Å². The van der Waals surface area contributed by atoms with Crippen LogP contribution in [0.15, 0.2) is 12.1 Å². The molecule has 1 aliphatic heterocycles. The molecule has 2 N–H and O–H groups in total. The minimum absolute atomic E-state index is 0.152. The number of rotatable bonds is 5. The van der Waals surface area contributed by atoms with Gasteiger partial charge in [0.2, 0.25) is 0 Å². The molecule has 0 radical (unpaired) electrons. The van der Waals surface area contributed by atoms with E-state index in [0.717, 1.165) is 6.07 Å². The highest BCUT2D eigenvalue weighted by atomic mass is 16.6. The number of nitro benzene ring substituents is 1. The van der Waals surface area contributed by atoms with Crippen LogP contribution in [0.5, 0.6) is 11.5 Å². The van der Waals surface area contributed by atoms with Crippen molar-refractivity contribution in [2.75, 3.05) is 13.2 Å². The standard InChI is InChI=1S/C13H14N2O7/c1-2-8(13(17)18)14-12(16)7-5-10-11(22-4-3-21-10)6-9(7)15(19)20/h5-6,8H,2-4H2,1H3,(H,14,16)(H,17,18). The number of aliphatic carboxylic acids is 1. The Morgan fingerprint density at radius 3 is 2.45 bits per heavy atom. The molecule has 0 saturated heterocycles. The maximum atomic E-state index is 12.2. The van der Waals surface area contributed by atoms with Gasteiger partial charge in [0.15, 0.2) is 11.5 Å². The molecule has 1 unspecified atom stereocenters. The van der Waals surface area contributed by atoms with E-state index in [1.54, 1.807) is 6.92 Å². The molecule has 22 heavy (non-hydrogen) atoms. The van der Waals surface area contributed by atoms with E-state index in [-0.39, 0.29) is 36.7 Å². The van der Waals surface area contributed by atoms with E-state index in [2.05, 4.69) is 5.32 Å². The van der Waals surface area contributed by atoms with Crippen molar-refractivity contribution in [3.8, 4) is 11.5 Å². The molecule has 1 aromatic carbocycles. The lowest BCUT2D eigenvalue weighted by Crippen LogP contribution is -2.40. The normalized spacial score (nSPS) is 14.0. The lowest BCUT2D eigenvalue weighted by Gasteiger charge is -2.19. The lowest BCUT2D eigenvalue weighted by molar-refractivity contribution is -0.385. The number of amides is 1. The van der Waals surface area contributed by atoms with E-state index >= 15 is 0 Å². The highest BCUT2D eigenvalue weighted by molar-refractivity contribution is 6.00. The number of nitrogens with zero attached hydrogens (tertiary/aromatic N) is 1. The number of carbonyl (C=O) groups excluding carboxylic acids is 1. The number of nitro groups is 1. The Kier molecular flexibility index (Phi) is 4.44. The summed E-state index contributed by atoms with van der Waals surface area (Å²) in [5, 5.41) is 22.3. The van der Waals surface area contributed by atoms with Crippen LogP contribution in [-0.2, 0) is 4.79 Å². The molecule has 0 aliphatic carbocycles. The Morgan fingerprint density at radius 1 is 1.36 bits per heavy atom. The number of benzene rings is 1. The van der Waals surface area contributed by atoms with Crippen LogP contribution in [0.25, 0.3) is 0 Å². The lowest BCUT2D eigenvalue weighted by atomic mass is 10.1. The Bertz CT molecular complexity index is 629. The van der Waals surface area contributed by atoms with Crippen LogP contribution in [0.3, 0.4) is 0 Å². The molecule has 118 valence electrons. The summed E-state index contributed by atoms with van der Waals surface area (Å²) in [7, 11) is 0. The van der Waals surface area contributed by atoms with Crippen molar-refractivity contribution in [2.45, 2.75) is 19.4 Å². The third kappa shape index (κ3) is 3.08. The Balaban J connectivity index is 2.38. The van der Waals surface area contributed by atoms with E-state index in [1.165, 1.54) is 6.07 Å². The Morgan fingerprint density at radius 2 is 1.95 bits per heavy atom. The van der Waals surface area contributed by atoms with Crippen LogP contribution in [0, 0.1) is 10.1 Å². The van der Waals surface area contributed by atoms with Crippen molar-refractivity contribution in [2.24, 2.45) is 0 Å². The van der Waals surface area contributed by atoms with Crippen LogP contribution in [0.1, 0.15) is 23.7 Å². The molecule has 0 fully saturated rings. The molecule has 0 spiro atoms. The minimum atomic E-state index is -1.21. The van der Waals surface area contributed by atoms with Crippen LogP contribution in [-0.4, -0.2) is 41.2 Å². The maximum Gasteiger partial charge on any atom is 0.326 e. The zero-order valence-electron chi connectivity index (χ0n) is 11.7. The predicted molar refractivity (Wildman–Crippen MR) is 73.3 cm³/mol. The second-order valence-electron chi connectivity index (χ2n) is 4.54. The van der Waals surface area contributed by atoms with Gasteiger partial charge in [0.25, 0.3) is 11.6 Å². The van der Waals surface area contributed by atoms with Crippen molar-refractivity contribution < 1.29 is 29.1 Å². The molecule has 1 amide bonds. The summed E-state index contributed by atoms with van der Waals surface area (Å²) in [6, 6.07) is 1.17. The van der Waals surface area contributed by atoms with Gasteiger partial charge in [-0.1, -0.05) is 6.92 Å². The Hall–Kier alpha value is -2.84. The van der Waals surface area contributed by atoms with Gasteiger partial charge < -0.3 is 19.9 Å². The van der Waals surface area contributed by atoms with Gasteiger partial charge in [0.1, 0.15) is 24.8 Å². The van der Waals surface area contributed by atoms with Gasteiger partial charge in [-0.05, 0) is 6.42 Å². The van der Waals surface area contributed by atoms with Gasteiger partial charge in [-0.2, -0.15) is 0 Å². The van der Waals surface area contributed by atoms with Crippen LogP contribution < -0.4 is 14.8 Å². The van der Waals surface area contributed by atoms with Crippen molar-refractivity contribution in [3.63, 3.8) is 0 Å². The summed E-state index contributed by atoms with van der Waals surface area (Å²) >= 11 is 0. The number of fused-ring (bicyclic) bond motifs is 1. The zero-order valence-corrected chi connectivity index (χ0v) is 11.7. The summed E-state index contributed by atoms with van der Waals surface area (Å²) < 4.78 is 10.5. The van der Waals surface area contributed by atoms with E-state index < -0.39 is 28.5 Å². The molecule has 2 rings (SSSR count). The van der Waals surface area contributed by atoms with Gasteiger partial charge in [-0.15, -0.1) is 0 Å². The van der Waals surface area contributed by atoms with Crippen molar-refractivity contribution in [3.05, 3.63) is 27.8 Å². The van der Waals surface area contributed by atoms with Gasteiger partial charge in [-0.25, -0.2) is 4.79 Å². The first-order valence-corrected chi connectivity index (χ1v) is 6.55. The first-order valence-electron chi connectivity index (χ1n) is 6.55. The predicted octanol–water partition coefficient (Wildman–Crippen LogP) is 0.959. The molecule has 1 aromatic rings. The smallest absolute Gasteiger partial charge is 0.326 e. The minimum Gasteiger partial charge on any atom is -0.486 e. The monoisotopic (exact) mass is 310 g/mol. The molecule has 1 atom stereocenters. The Labute approximate surface area is 125 Å². The highest BCUT2D eigenvalue weighted by Gasteiger charge is 2.28. The zero-order chi connectivity index (χ0) is 16.3. The van der Waals surface area contributed by atoms with Crippen LogP contribution in [0.2, 0.25) is 0 Å². The van der Waals surface area contributed by atoms with E-state index in [9.17, 15) is 19.7 Å². The number of hydrogen-bond donors (Lipinski definition) is 2. The number of carbonyl (C=O) groups is 2. The molecular weight excluding hydrogens is 296 g/mol. The average Bonchev–Trinajstić information content (AvgIpc) is 2.50. The number of carboxylic acids is 1. The first kappa shape index (κ1) is 15.5. The number of nitrogens with one attached hydrogen (secondary N) is 1. The van der Waals surface area contributed by atoms with Gasteiger partial charge in [0.05, 0.1) is 11.0 Å². The topological polar surface area (TPSA) is 128 Å². The second kappa shape index (κ2) is 6.29. The molecule has 1 heterocycles. The third-order valence-electron chi connectivity index (χ3n) is 3.11. The maximum absolute atomic E-state index is 12.2. The molecule has 0 saturated carbocycles. The van der Waals surface area contributed by atoms with E-state index in [0.29, 0.717) is 0 Å². The first-order chi connectivity index (χ1) is 10.4. The van der Waals surface area contributed by atoms with E-state index in [1.807, 2.05) is 0 Å². The van der Waals surface area contributed by atoms with Gasteiger partial charge in [0, 0.05) is 6.07 Å². The van der Waals surface area contributed by atoms with Crippen LogP contribution in [0.4, 0.5) is 5.69 Å². The summed E-state index contributed by atoms with van der Waals surface area (Å²) in [5.41, 5.74) is -0.740. The van der Waals surface area contributed by atoms with E-state index in [4.69, 9.17) is 14.6 Å². The second-order valence-corrected chi connectivity index (χ2v) is 4.54. The van der Waals surface area contributed by atoms with Crippen LogP contribution >= 0.6 is 0 Å². The summed E-state index contributed by atoms with van der Waals surface area (Å²) in [6.45, 7) is 2.10. The molecule has 1 aliphatic rings. The highest BCUT2D eigenvalue weighted by Crippen LogP contribution is 2.36. The van der Waals surface area contributed by atoms with Gasteiger partial charge in [-0.3, -0.25) is 14.9 Å². The molecule has 9 heteroatoms. The molecular formula is C13H14N2O7. The molecule has 0 aromatic heterocycles. The fourth-order valence-corrected chi connectivity index (χ4v) is 1.99. The fourth-order valence-electron chi connectivity index (χ4n) is 1.99. The number of carboxylic acid groups (broad SMARTS) is 1.